The second kappa shape index (κ2) is 8.03. The Morgan fingerprint density at radius 1 is 1.18 bits per heavy atom. The highest BCUT2D eigenvalue weighted by Gasteiger charge is 2.34. The van der Waals surface area contributed by atoms with Gasteiger partial charge in [0.2, 0.25) is 0 Å². The molecule has 8 heteroatoms. The Balaban J connectivity index is 1.43. The maximum absolute atomic E-state index is 13.6. The van der Waals surface area contributed by atoms with Gasteiger partial charge in [0.1, 0.15) is 23.5 Å². The number of fused-ring (bicyclic) bond motifs is 2. The van der Waals surface area contributed by atoms with Crippen LogP contribution < -0.4 is 4.90 Å². The number of rotatable bonds is 4. The summed E-state index contributed by atoms with van der Waals surface area (Å²) >= 11 is 0. The lowest BCUT2D eigenvalue weighted by atomic mass is 9.92. The third kappa shape index (κ3) is 3.55. The van der Waals surface area contributed by atoms with Crippen LogP contribution in [0.25, 0.3) is 21.9 Å². The van der Waals surface area contributed by atoms with E-state index in [1.54, 1.807) is 19.3 Å². The molecule has 0 spiro atoms. The minimum atomic E-state index is -0.00662. The van der Waals surface area contributed by atoms with Crippen molar-refractivity contribution in [2.45, 2.75) is 33.2 Å². The number of Topliss-reactive ketones (excluding diaryl/α,β-unsaturated/α-hetero) is 1. The molecule has 0 bridgehead atoms. The summed E-state index contributed by atoms with van der Waals surface area (Å²) in [6, 6.07) is 7.66. The quantitative estimate of drug-likeness (QED) is 0.465. The molecule has 2 atom stereocenters. The van der Waals surface area contributed by atoms with Crippen LogP contribution in [-0.4, -0.2) is 62.7 Å². The van der Waals surface area contributed by atoms with Crippen LogP contribution in [0.3, 0.4) is 0 Å². The van der Waals surface area contributed by atoms with Gasteiger partial charge in [0.25, 0.3) is 5.91 Å². The largest absolute Gasteiger partial charge is 0.354 e. The molecule has 1 aliphatic heterocycles. The van der Waals surface area contributed by atoms with E-state index in [9.17, 15) is 9.59 Å². The molecular formula is C25H28N6O2. The average Bonchev–Trinajstić information content (AvgIpc) is 3.42. The van der Waals surface area contributed by atoms with Crippen molar-refractivity contribution in [1.29, 1.82) is 0 Å². The maximum Gasteiger partial charge on any atom is 0.270 e. The van der Waals surface area contributed by atoms with E-state index in [0.29, 0.717) is 30.3 Å². The Hall–Kier alpha value is -3.68. The van der Waals surface area contributed by atoms with Gasteiger partial charge in [-0.1, -0.05) is 6.92 Å². The van der Waals surface area contributed by atoms with Gasteiger partial charge >= 0.3 is 0 Å². The minimum absolute atomic E-state index is 0.00662. The Kier molecular flexibility index (Phi) is 5.15. The number of piperidine rings is 1. The first-order chi connectivity index (χ1) is 15.8. The molecule has 2 N–H and O–H groups in total. The van der Waals surface area contributed by atoms with E-state index < -0.39 is 0 Å². The van der Waals surface area contributed by atoms with Crippen LogP contribution in [0.1, 0.15) is 46.7 Å². The number of aromatic nitrogens is 4. The zero-order valence-corrected chi connectivity index (χ0v) is 19.3. The number of nitrogens with zero attached hydrogens (tertiary/aromatic N) is 4. The standard InChI is InChI=1S/C25H28N6O2/c1-14-8-10-31(12-21(14)30(4)24-18-7-9-26-23(18)27-13-28-24)25(33)22-15(2)19-11-17(16(3)32)5-6-20(19)29-22/h5-7,9,11,13-14,21,29H,8,10,12H2,1-4H3,(H,26,27,28). The van der Waals surface area contributed by atoms with Gasteiger partial charge in [-0.05, 0) is 56.0 Å². The monoisotopic (exact) mass is 444 g/mol. The average molecular weight is 445 g/mol. The highest BCUT2D eigenvalue weighted by Crippen LogP contribution is 2.30. The predicted octanol–water partition coefficient (Wildman–Crippen LogP) is 3.94. The fourth-order valence-corrected chi connectivity index (χ4v) is 4.95. The summed E-state index contributed by atoms with van der Waals surface area (Å²) in [7, 11) is 2.04. The number of H-pyrrole nitrogens is 2. The lowest BCUT2D eigenvalue weighted by Gasteiger charge is -2.42. The van der Waals surface area contributed by atoms with E-state index in [1.807, 2.05) is 43.3 Å². The number of anilines is 1. The Labute approximate surface area is 192 Å². The zero-order chi connectivity index (χ0) is 23.3. The van der Waals surface area contributed by atoms with Gasteiger partial charge in [-0.25, -0.2) is 9.97 Å². The van der Waals surface area contributed by atoms with Crippen molar-refractivity contribution in [1.82, 2.24) is 24.8 Å². The van der Waals surface area contributed by atoms with Gasteiger partial charge in [0, 0.05) is 42.8 Å². The predicted molar refractivity (Wildman–Crippen MR) is 129 cm³/mol. The summed E-state index contributed by atoms with van der Waals surface area (Å²) in [5.74, 6) is 1.28. The van der Waals surface area contributed by atoms with E-state index in [2.05, 4.69) is 31.8 Å². The van der Waals surface area contributed by atoms with Crippen molar-refractivity contribution in [3.63, 3.8) is 0 Å². The number of ketones is 1. The first-order valence-corrected chi connectivity index (χ1v) is 11.3. The summed E-state index contributed by atoms with van der Waals surface area (Å²) in [6.07, 6.45) is 4.35. The Bertz CT molecular complexity index is 1370. The fourth-order valence-electron chi connectivity index (χ4n) is 4.95. The van der Waals surface area contributed by atoms with E-state index >= 15 is 0 Å². The van der Waals surface area contributed by atoms with Crippen LogP contribution >= 0.6 is 0 Å². The van der Waals surface area contributed by atoms with Crippen molar-refractivity contribution in [2.75, 3.05) is 25.0 Å². The van der Waals surface area contributed by atoms with Crippen molar-refractivity contribution in [3.8, 4) is 0 Å². The molecule has 0 radical (unpaired) electrons. The van der Waals surface area contributed by atoms with Crippen LogP contribution in [0.2, 0.25) is 0 Å². The summed E-state index contributed by atoms with van der Waals surface area (Å²) in [4.78, 5) is 44.7. The molecule has 4 heterocycles. The van der Waals surface area contributed by atoms with Gasteiger partial charge in [0.15, 0.2) is 5.78 Å². The SMILES string of the molecule is CC(=O)c1ccc2[nH]c(C(=O)N3CCC(C)C(N(C)c4ncnc5[nH]ccc45)C3)c(C)c2c1. The van der Waals surface area contributed by atoms with Crippen LogP contribution in [-0.2, 0) is 0 Å². The van der Waals surface area contributed by atoms with Gasteiger partial charge in [-0.2, -0.15) is 0 Å². The lowest BCUT2D eigenvalue weighted by Crippen LogP contribution is -2.53. The molecule has 1 saturated heterocycles. The topological polar surface area (TPSA) is 98.0 Å². The van der Waals surface area contributed by atoms with Crippen molar-refractivity contribution < 1.29 is 9.59 Å². The van der Waals surface area contributed by atoms with Gasteiger partial charge in [-0.3, -0.25) is 9.59 Å². The molecule has 5 rings (SSSR count). The number of hydrogen-bond donors (Lipinski definition) is 2. The normalized spacial score (nSPS) is 18.7. The summed E-state index contributed by atoms with van der Waals surface area (Å²) in [6.45, 7) is 7.05. The smallest absolute Gasteiger partial charge is 0.270 e. The maximum atomic E-state index is 13.6. The zero-order valence-electron chi connectivity index (χ0n) is 19.3. The number of hydrogen-bond acceptors (Lipinski definition) is 5. The molecular weight excluding hydrogens is 416 g/mol. The molecule has 1 aromatic carbocycles. The van der Waals surface area contributed by atoms with Crippen LogP contribution in [0.15, 0.2) is 36.8 Å². The Morgan fingerprint density at radius 3 is 2.79 bits per heavy atom. The second-order valence-corrected chi connectivity index (χ2v) is 9.07. The summed E-state index contributed by atoms with van der Waals surface area (Å²) < 4.78 is 0. The van der Waals surface area contributed by atoms with E-state index in [1.165, 1.54) is 0 Å². The molecule has 8 nitrogen and oxygen atoms in total. The number of carbonyl (C=O) groups excluding carboxylic acids is 2. The van der Waals surface area contributed by atoms with Crippen LogP contribution in [0, 0.1) is 12.8 Å². The molecule has 1 aliphatic rings. The third-order valence-electron chi connectivity index (χ3n) is 7.05. The van der Waals surface area contributed by atoms with E-state index in [0.717, 1.165) is 39.7 Å². The highest BCUT2D eigenvalue weighted by atomic mass is 16.2. The second-order valence-electron chi connectivity index (χ2n) is 9.07. The highest BCUT2D eigenvalue weighted by molar-refractivity contribution is 6.04. The van der Waals surface area contributed by atoms with Crippen LogP contribution in [0.5, 0.6) is 0 Å². The molecule has 33 heavy (non-hydrogen) atoms. The van der Waals surface area contributed by atoms with Gasteiger partial charge in [0.05, 0.1) is 11.4 Å². The van der Waals surface area contributed by atoms with Crippen molar-refractivity contribution in [3.05, 3.63) is 53.6 Å². The Morgan fingerprint density at radius 2 is 2.00 bits per heavy atom. The number of amides is 1. The van der Waals surface area contributed by atoms with Crippen molar-refractivity contribution >= 4 is 39.4 Å². The summed E-state index contributed by atoms with van der Waals surface area (Å²) in [5, 5.41) is 1.89. The number of aryl methyl sites for hydroxylation is 1. The number of likely N-dealkylation sites (tertiary alicyclic amines) is 1. The van der Waals surface area contributed by atoms with Gasteiger partial charge in [-0.15, -0.1) is 0 Å². The minimum Gasteiger partial charge on any atom is -0.354 e. The fraction of sp³-hybridized carbons (Fsp3) is 0.360. The van der Waals surface area contributed by atoms with Crippen molar-refractivity contribution in [2.24, 2.45) is 5.92 Å². The molecule has 0 aliphatic carbocycles. The summed E-state index contributed by atoms with van der Waals surface area (Å²) in [5.41, 5.74) is 3.80. The first-order valence-electron chi connectivity index (χ1n) is 11.3. The molecule has 4 aromatic rings. The molecule has 3 aromatic heterocycles. The van der Waals surface area contributed by atoms with E-state index in [4.69, 9.17) is 0 Å². The first kappa shape index (κ1) is 21.2. The molecule has 0 saturated carbocycles. The number of aromatic amines is 2. The molecule has 170 valence electrons. The number of benzene rings is 1. The number of likely N-dealkylation sites (N-methyl/N-ethyl adjacent to an activating group) is 1. The van der Waals surface area contributed by atoms with Crippen LogP contribution in [0.4, 0.5) is 5.82 Å². The molecule has 1 fully saturated rings. The third-order valence-corrected chi connectivity index (χ3v) is 7.05. The number of nitrogens with one attached hydrogen (secondary N) is 2. The number of carbonyl (C=O) groups is 2. The van der Waals surface area contributed by atoms with Gasteiger partial charge < -0.3 is 19.8 Å². The molecule has 1 amide bonds. The molecule has 2 unspecified atom stereocenters. The lowest BCUT2D eigenvalue weighted by molar-refractivity contribution is 0.0664. The van der Waals surface area contributed by atoms with E-state index in [-0.39, 0.29) is 17.7 Å².